The average Bonchev–Trinajstić information content (AvgIpc) is 2.50. The van der Waals surface area contributed by atoms with Crippen LogP contribution in [-0.2, 0) is 0 Å². The van der Waals surface area contributed by atoms with E-state index < -0.39 is 0 Å². The van der Waals surface area contributed by atoms with Gasteiger partial charge < -0.3 is 0 Å². The fourth-order valence-electron chi connectivity index (χ4n) is 0.885. The van der Waals surface area contributed by atoms with Crippen molar-refractivity contribution in [2.24, 2.45) is 0 Å². The Kier molecular flexibility index (Phi) is 1.10. The topological polar surface area (TPSA) is 54.0 Å². The molecule has 2 aromatic rings. The summed E-state index contributed by atoms with van der Waals surface area (Å²) in [7, 11) is 0. The molecule has 4 heteroatoms. The van der Waals surface area contributed by atoms with Crippen LogP contribution in [0.4, 0.5) is 0 Å². The molecule has 0 radical (unpaired) electrons. The van der Waals surface area contributed by atoms with Gasteiger partial charge in [0.2, 0.25) is 0 Å². The molecule has 0 unspecified atom stereocenters. The molecule has 52 valence electrons. The predicted octanol–water partition coefficient (Wildman–Crippen LogP) is 0.601. The lowest BCUT2D eigenvalue weighted by atomic mass is 10.5. The fourth-order valence-corrected chi connectivity index (χ4v) is 0.885. The fraction of sp³-hybridized carbons (Fsp3) is 0. The second-order valence-electron chi connectivity index (χ2n) is 2.07. The predicted molar refractivity (Wildman–Crippen MR) is 37.7 cm³/mol. The Labute approximate surface area is 62.7 Å². The quantitative estimate of drug-likeness (QED) is 0.544. The van der Waals surface area contributed by atoms with Crippen LogP contribution in [0.2, 0.25) is 0 Å². The first kappa shape index (κ1) is 5.86. The first-order valence-corrected chi connectivity index (χ1v) is 3.10. The molecular weight excluding hydrogens is 140 g/mol. The Hall–Kier alpha value is -1.89. The lowest BCUT2D eigenvalue weighted by Gasteiger charge is -1.90. The van der Waals surface area contributed by atoms with E-state index in [1.165, 1.54) is 0 Å². The van der Waals surface area contributed by atoms with Crippen LogP contribution in [0, 0.1) is 11.3 Å². The zero-order valence-corrected chi connectivity index (χ0v) is 5.60. The van der Waals surface area contributed by atoms with E-state index in [0.717, 1.165) is 5.52 Å². The maximum Gasteiger partial charge on any atom is 0.251 e. The number of nitrogens with zero attached hydrogens (tertiary/aromatic N) is 4. The van der Waals surface area contributed by atoms with Crippen LogP contribution >= 0.6 is 0 Å². The van der Waals surface area contributed by atoms with Gasteiger partial charge in [0.15, 0.2) is 0 Å². The lowest BCUT2D eigenvalue weighted by molar-refractivity contribution is 0.883. The van der Waals surface area contributed by atoms with Crippen LogP contribution in [0.25, 0.3) is 5.52 Å². The standard InChI is InChI=1S/C7H4N4/c8-4-7-9-5-6-2-1-3-11(6)10-7/h1-3,5H. The molecule has 0 aliphatic rings. The van der Waals surface area contributed by atoms with Gasteiger partial charge in [-0.15, -0.1) is 5.10 Å². The molecule has 0 N–H and O–H groups in total. The van der Waals surface area contributed by atoms with Crippen LogP contribution in [0.1, 0.15) is 5.82 Å². The Morgan fingerprint density at radius 2 is 2.45 bits per heavy atom. The number of rotatable bonds is 0. The summed E-state index contributed by atoms with van der Waals surface area (Å²) in [6.45, 7) is 0. The molecule has 0 amide bonds. The van der Waals surface area contributed by atoms with Gasteiger partial charge in [-0.3, -0.25) is 0 Å². The molecule has 0 saturated carbocycles. The Bertz CT molecular complexity index is 423. The maximum atomic E-state index is 8.45. The van der Waals surface area contributed by atoms with Crippen molar-refractivity contribution in [1.82, 2.24) is 14.6 Å². The smallest absolute Gasteiger partial charge is 0.237 e. The van der Waals surface area contributed by atoms with E-state index in [1.807, 2.05) is 18.2 Å². The molecule has 0 aromatic carbocycles. The number of hydrogen-bond donors (Lipinski definition) is 0. The van der Waals surface area contributed by atoms with E-state index >= 15 is 0 Å². The zero-order chi connectivity index (χ0) is 7.68. The first-order valence-electron chi connectivity index (χ1n) is 3.10. The van der Waals surface area contributed by atoms with Crippen LogP contribution < -0.4 is 0 Å². The van der Waals surface area contributed by atoms with Crippen molar-refractivity contribution in [1.29, 1.82) is 5.26 Å². The van der Waals surface area contributed by atoms with E-state index in [4.69, 9.17) is 5.26 Å². The first-order chi connectivity index (χ1) is 5.40. The molecule has 0 spiro atoms. The van der Waals surface area contributed by atoms with Crippen LogP contribution in [0.3, 0.4) is 0 Å². The van der Waals surface area contributed by atoms with Gasteiger partial charge >= 0.3 is 0 Å². The summed E-state index contributed by atoms with van der Waals surface area (Å²) in [6, 6.07) is 5.59. The van der Waals surface area contributed by atoms with Crippen molar-refractivity contribution in [2.45, 2.75) is 0 Å². The molecular formula is C7H4N4. The monoisotopic (exact) mass is 144 g/mol. The molecule has 2 heterocycles. The van der Waals surface area contributed by atoms with Crippen molar-refractivity contribution >= 4 is 5.52 Å². The summed E-state index contributed by atoms with van der Waals surface area (Å²) in [4.78, 5) is 3.80. The third-order valence-corrected chi connectivity index (χ3v) is 1.38. The summed E-state index contributed by atoms with van der Waals surface area (Å²) in [5.41, 5.74) is 0.893. The Balaban J connectivity index is 2.79. The van der Waals surface area contributed by atoms with Gasteiger partial charge in [0.05, 0.1) is 11.7 Å². The second kappa shape index (κ2) is 2.06. The molecule has 2 rings (SSSR count). The number of nitriles is 1. The number of fused-ring (bicyclic) bond motifs is 1. The van der Waals surface area contributed by atoms with Gasteiger partial charge in [-0.1, -0.05) is 0 Å². The summed E-state index contributed by atoms with van der Waals surface area (Å²) in [5, 5.41) is 12.3. The number of aromatic nitrogens is 3. The third kappa shape index (κ3) is 0.829. The molecule has 4 nitrogen and oxygen atoms in total. The average molecular weight is 144 g/mol. The van der Waals surface area contributed by atoms with Crippen molar-refractivity contribution < 1.29 is 0 Å². The molecule has 0 aliphatic carbocycles. The SMILES string of the molecule is N#Cc1ncc2cccn2n1. The molecule has 0 atom stereocenters. The molecule has 0 saturated heterocycles. The van der Waals surface area contributed by atoms with Gasteiger partial charge in [0, 0.05) is 6.20 Å². The third-order valence-electron chi connectivity index (χ3n) is 1.38. The van der Waals surface area contributed by atoms with E-state index in [-0.39, 0.29) is 5.82 Å². The second-order valence-corrected chi connectivity index (χ2v) is 2.07. The van der Waals surface area contributed by atoms with Crippen LogP contribution in [-0.4, -0.2) is 14.6 Å². The van der Waals surface area contributed by atoms with Gasteiger partial charge in [0.25, 0.3) is 5.82 Å². The highest BCUT2D eigenvalue weighted by molar-refractivity contribution is 5.43. The molecule has 2 aromatic heterocycles. The van der Waals surface area contributed by atoms with Crippen molar-refractivity contribution in [3.05, 3.63) is 30.4 Å². The molecule has 0 fully saturated rings. The minimum absolute atomic E-state index is 0.189. The van der Waals surface area contributed by atoms with E-state index in [1.54, 1.807) is 16.9 Å². The maximum absolute atomic E-state index is 8.45. The molecule has 0 aliphatic heterocycles. The highest BCUT2D eigenvalue weighted by Gasteiger charge is 1.95. The summed E-state index contributed by atoms with van der Waals surface area (Å²) >= 11 is 0. The van der Waals surface area contributed by atoms with Gasteiger partial charge in [-0.2, -0.15) is 5.26 Å². The van der Waals surface area contributed by atoms with E-state index in [0.29, 0.717) is 0 Å². The largest absolute Gasteiger partial charge is 0.251 e. The minimum atomic E-state index is 0.189. The summed E-state index contributed by atoms with van der Waals surface area (Å²) in [6.07, 6.45) is 3.39. The Morgan fingerprint density at radius 3 is 3.27 bits per heavy atom. The normalized spacial score (nSPS) is 9.73. The summed E-state index contributed by atoms with van der Waals surface area (Å²) in [5.74, 6) is 0.189. The van der Waals surface area contributed by atoms with Crippen molar-refractivity contribution in [3.63, 3.8) is 0 Å². The zero-order valence-electron chi connectivity index (χ0n) is 5.60. The minimum Gasteiger partial charge on any atom is -0.237 e. The molecule has 11 heavy (non-hydrogen) atoms. The van der Waals surface area contributed by atoms with Crippen molar-refractivity contribution in [3.8, 4) is 6.07 Å². The number of hydrogen-bond acceptors (Lipinski definition) is 3. The van der Waals surface area contributed by atoms with E-state index in [2.05, 4.69) is 10.1 Å². The van der Waals surface area contributed by atoms with Gasteiger partial charge in [-0.25, -0.2) is 9.50 Å². The highest BCUT2D eigenvalue weighted by atomic mass is 15.2. The molecule has 0 bridgehead atoms. The van der Waals surface area contributed by atoms with Gasteiger partial charge in [0.1, 0.15) is 6.07 Å². The Morgan fingerprint density at radius 1 is 1.55 bits per heavy atom. The van der Waals surface area contributed by atoms with Crippen LogP contribution in [0.15, 0.2) is 24.5 Å². The summed E-state index contributed by atoms with van der Waals surface area (Å²) < 4.78 is 1.62. The van der Waals surface area contributed by atoms with Crippen LogP contribution in [0.5, 0.6) is 0 Å². The van der Waals surface area contributed by atoms with Crippen molar-refractivity contribution in [2.75, 3.05) is 0 Å². The van der Waals surface area contributed by atoms with E-state index in [9.17, 15) is 0 Å². The highest BCUT2D eigenvalue weighted by Crippen LogP contribution is 1.99. The van der Waals surface area contributed by atoms with Gasteiger partial charge in [-0.05, 0) is 12.1 Å². The lowest BCUT2D eigenvalue weighted by Crippen LogP contribution is -1.95.